The first-order chi connectivity index (χ1) is 9.44. The monoisotopic (exact) mass is 335 g/mol. The van der Waals surface area contributed by atoms with E-state index in [9.17, 15) is 8.42 Å². The zero-order chi connectivity index (χ0) is 14.8. The van der Waals surface area contributed by atoms with Gasteiger partial charge in [-0.25, -0.2) is 18.1 Å². The lowest BCUT2D eigenvalue weighted by molar-refractivity contribution is 0.575. The van der Waals surface area contributed by atoms with Crippen LogP contribution in [0.15, 0.2) is 23.5 Å². The van der Waals surface area contributed by atoms with E-state index in [0.717, 1.165) is 0 Å². The summed E-state index contributed by atoms with van der Waals surface area (Å²) in [6.45, 7) is 2.54. The Morgan fingerprint density at radius 3 is 2.85 bits per heavy atom. The number of nitrogens with one attached hydrogen (secondary N) is 1. The molecule has 0 atom stereocenters. The van der Waals surface area contributed by atoms with Crippen molar-refractivity contribution < 1.29 is 8.42 Å². The van der Waals surface area contributed by atoms with Crippen molar-refractivity contribution in [3.8, 4) is 0 Å². The highest BCUT2D eigenvalue weighted by atomic mass is 35.5. The number of hydrogen-bond acceptors (Lipinski definition) is 5. The second kappa shape index (κ2) is 6.04. The predicted octanol–water partition coefficient (Wildman–Crippen LogP) is 1.48. The molecule has 0 radical (unpaired) electrons. The molecule has 0 saturated carbocycles. The summed E-state index contributed by atoms with van der Waals surface area (Å²) in [4.78, 5) is 3.53. The van der Waals surface area contributed by atoms with E-state index in [1.807, 2.05) is 6.92 Å². The molecule has 0 amide bonds. The van der Waals surface area contributed by atoms with Crippen LogP contribution in [0, 0.1) is 0 Å². The van der Waals surface area contributed by atoms with Gasteiger partial charge in [0.25, 0.3) is 0 Å². The molecule has 0 spiro atoms. The van der Waals surface area contributed by atoms with Gasteiger partial charge in [0.05, 0.1) is 11.6 Å². The Labute approximate surface area is 126 Å². The first-order valence-electron chi connectivity index (χ1n) is 5.61. The molecule has 7 nitrogen and oxygen atoms in total. The molecule has 0 aliphatic carbocycles. The molecular formula is C10H11Cl2N5O2S. The van der Waals surface area contributed by atoms with Gasteiger partial charge in [-0.1, -0.05) is 23.2 Å². The highest BCUT2D eigenvalue weighted by molar-refractivity contribution is 7.89. The Morgan fingerprint density at radius 1 is 1.40 bits per heavy atom. The number of pyridine rings is 1. The molecule has 10 heteroatoms. The van der Waals surface area contributed by atoms with E-state index in [0.29, 0.717) is 12.4 Å². The number of halogens is 2. The number of aryl methyl sites for hydroxylation is 1. The fourth-order valence-electron chi connectivity index (χ4n) is 1.51. The van der Waals surface area contributed by atoms with Gasteiger partial charge >= 0.3 is 0 Å². The maximum absolute atomic E-state index is 12.1. The molecule has 0 saturated heterocycles. The summed E-state index contributed by atoms with van der Waals surface area (Å²) in [5.74, 6) is 0.502. The Kier molecular flexibility index (Phi) is 4.59. The number of rotatable bonds is 5. The molecule has 0 aliphatic rings. The van der Waals surface area contributed by atoms with Gasteiger partial charge < -0.3 is 4.57 Å². The van der Waals surface area contributed by atoms with Gasteiger partial charge in [-0.15, -0.1) is 10.2 Å². The van der Waals surface area contributed by atoms with E-state index < -0.39 is 10.0 Å². The smallest absolute Gasteiger partial charge is 0.244 e. The third kappa shape index (κ3) is 3.26. The van der Waals surface area contributed by atoms with Crippen LogP contribution in [-0.2, 0) is 23.1 Å². The second-order valence-electron chi connectivity index (χ2n) is 3.80. The Hall–Kier alpha value is -1.22. The maximum Gasteiger partial charge on any atom is 0.244 e. The molecule has 0 aromatic carbocycles. The van der Waals surface area contributed by atoms with Crippen LogP contribution in [-0.4, -0.2) is 28.2 Å². The lowest BCUT2D eigenvalue weighted by atomic mass is 10.5. The summed E-state index contributed by atoms with van der Waals surface area (Å²) in [6.07, 6.45) is 2.80. The summed E-state index contributed by atoms with van der Waals surface area (Å²) >= 11 is 11.5. The Bertz CT molecular complexity index is 716. The summed E-state index contributed by atoms with van der Waals surface area (Å²) < 4.78 is 28.4. The standard InChI is InChI=1S/C10H11Cl2N5O2S/c1-2-17-6-14-16-9(17)5-15-20(18,19)8-3-7(11)4-13-10(8)12/h3-4,6,15H,2,5H2,1H3. The number of aromatic nitrogens is 4. The number of nitrogens with zero attached hydrogens (tertiary/aromatic N) is 4. The summed E-state index contributed by atoms with van der Waals surface area (Å²) in [7, 11) is -3.82. The molecular weight excluding hydrogens is 325 g/mol. The van der Waals surface area contributed by atoms with Crippen molar-refractivity contribution in [1.82, 2.24) is 24.5 Å². The maximum atomic E-state index is 12.1. The Balaban J connectivity index is 2.21. The van der Waals surface area contributed by atoms with Crippen LogP contribution < -0.4 is 4.72 Å². The highest BCUT2D eigenvalue weighted by Gasteiger charge is 2.20. The molecule has 0 fully saturated rings. The average Bonchev–Trinajstić information content (AvgIpc) is 2.86. The van der Waals surface area contributed by atoms with E-state index in [-0.39, 0.29) is 21.6 Å². The van der Waals surface area contributed by atoms with E-state index in [1.165, 1.54) is 18.6 Å². The zero-order valence-corrected chi connectivity index (χ0v) is 12.7. The van der Waals surface area contributed by atoms with Gasteiger partial charge in [-0.05, 0) is 13.0 Å². The molecule has 2 aromatic rings. The summed E-state index contributed by atoms with van der Waals surface area (Å²) in [5, 5.41) is 7.60. The van der Waals surface area contributed by atoms with Gasteiger partial charge in [-0.2, -0.15) is 0 Å². The minimum atomic E-state index is -3.82. The van der Waals surface area contributed by atoms with Crippen molar-refractivity contribution in [1.29, 1.82) is 0 Å². The molecule has 20 heavy (non-hydrogen) atoms. The van der Waals surface area contributed by atoms with Crippen LogP contribution in [0.2, 0.25) is 10.2 Å². The van der Waals surface area contributed by atoms with E-state index in [2.05, 4.69) is 19.9 Å². The molecule has 2 rings (SSSR count). The van der Waals surface area contributed by atoms with E-state index in [1.54, 1.807) is 4.57 Å². The molecule has 108 valence electrons. The second-order valence-corrected chi connectivity index (χ2v) is 6.33. The van der Waals surface area contributed by atoms with Crippen molar-refractivity contribution in [2.24, 2.45) is 0 Å². The molecule has 0 unspecified atom stereocenters. The van der Waals surface area contributed by atoms with Crippen LogP contribution in [0.1, 0.15) is 12.7 Å². The minimum Gasteiger partial charge on any atom is -0.317 e. The normalized spacial score (nSPS) is 11.8. The molecule has 1 N–H and O–H groups in total. The third-order valence-corrected chi connectivity index (χ3v) is 4.55. The van der Waals surface area contributed by atoms with E-state index >= 15 is 0 Å². The molecule has 2 aromatic heterocycles. The van der Waals surface area contributed by atoms with Crippen LogP contribution >= 0.6 is 23.2 Å². The quantitative estimate of drug-likeness (QED) is 0.836. The molecule has 2 heterocycles. The molecule has 0 bridgehead atoms. The van der Waals surface area contributed by atoms with Gasteiger partial charge in [-0.3, -0.25) is 0 Å². The van der Waals surface area contributed by atoms with E-state index in [4.69, 9.17) is 23.2 Å². The van der Waals surface area contributed by atoms with Gasteiger partial charge in [0, 0.05) is 12.7 Å². The van der Waals surface area contributed by atoms with Gasteiger partial charge in [0.1, 0.15) is 22.2 Å². The zero-order valence-electron chi connectivity index (χ0n) is 10.4. The van der Waals surface area contributed by atoms with Crippen molar-refractivity contribution in [3.63, 3.8) is 0 Å². The van der Waals surface area contributed by atoms with Crippen molar-refractivity contribution >= 4 is 33.2 Å². The molecule has 0 aliphatic heterocycles. The Morgan fingerprint density at radius 2 is 2.15 bits per heavy atom. The summed E-state index contributed by atoms with van der Waals surface area (Å²) in [5.41, 5.74) is 0. The van der Waals surface area contributed by atoms with Crippen molar-refractivity contribution in [2.75, 3.05) is 0 Å². The fraction of sp³-hybridized carbons (Fsp3) is 0.300. The van der Waals surface area contributed by atoms with Crippen LogP contribution in [0.25, 0.3) is 0 Å². The average molecular weight is 336 g/mol. The lowest BCUT2D eigenvalue weighted by Gasteiger charge is -2.08. The van der Waals surface area contributed by atoms with Crippen molar-refractivity contribution in [3.05, 3.63) is 34.6 Å². The highest BCUT2D eigenvalue weighted by Crippen LogP contribution is 2.22. The predicted molar refractivity (Wildman–Crippen MR) is 74.0 cm³/mol. The van der Waals surface area contributed by atoms with Crippen LogP contribution in [0.3, 0.4) is 0 Å². The van der Waals surface area contributed by atoms with Crippen LogP contribution in [0.4, 0.5) is 0 Å². The largest absolute Gasteiger partial charge is 0.317 e. The van der Waals surface area contributed by atoms with Gasteiger partial charge in [0.15, 0.2) is 0 Å². The number of hydrogen-bond donors (Lipinski definition) is 1. The first-order valence-corrected chi connectivity index (χ1v) is 7.85. The van der Waals surface area contributed by atoms with Crippen molar-refractivity contribution in [2.45, 2.75) is 24.9 Å². The first kappa shape index (κ1) is 15.2. The fourth-order valence-corrected chi connectivity index (χ4v) is 3.17. The van der Waals surface area contributed by atoms with Crippen LogP contribution in [0.5, 0.6) is 0 Å². The summed E-state index contributed by atoms with van der Waals surface area (Å²) in [6, 6.07) is 1.24. The minimum absolute atomic E-state index is 0.000977. The lowest BCUT2D eigenvalue weighted by Crippen LogP contribution is -2.25. The topological polar surface area (TPSA) is 89.8 Å². The van der Waals surface area contributed by atoms with Gasteiger partial charge in [0.2, 0.25) is 10.0 Å². The third-order valence-electron chi connectivity index (χ3n) is 2.52. The number of sulfonamides is 1. The SMILES string of the molecule is CCn1cnnc1CNS(=O)(=O)c1cc(Cl)cnc1Cl.